The Labute approximate surface area is 144 Å². The van der Waals surface area contributed by atoms with Crippen LogP contribution in [0.5, 0.6) is 0 Å². The van der Waals surface area contributed by atoms with Crippen molar-refractivity contribution in [1.82, 2.24) is 9.88 Å². The number of anilines is 1. The molecule has 0 aliphatic carbocycles. The molecule has 1 fully saturated rings. The van der Waals surface area contributed by atoms with Gasteiger partial charge in [0.05, 0.1) is 11.2 Å². The average Bonchev–Trinajstić information content (AvgIpc) is 3.01. The number of fused-ring (bicyclic) bond motifs is 1. The number of oxazole rings is 1. The maximum Gasteiger partial charge on any atom is 0.417 e. The fourth-order valence-corrected chi connectivity index (χ4v) is 3.32. The van der Waals surface area contributed by atoms with Gasteiger partial charge in [0.25, 0.3) is 5.91 Å². The van der Waals surface area contributed by atoms with Gasteiger partial charge in [0, 0.05) is 31.7 Å². The van der Waals surface area contributed by atoms with E-state index in [1.165, 1.54) is 0 Å². The normalized spacial score (nSPS) is 14.9. The first kappa shape index (κ1) is 15.5. The first-order chi connectivity index (χ1) is 12.1. The lowest BCUT2D eigenvalue weighted by Gasteiger charge is -2.36. The molecule has 0 spiro atoms. The molecule has 1 saturated heterocycles. The van der Waals surface area contributed by atoms with E-state index in [1.807, 2.05) is 54.3 Å². The van der Waals surface area contributed by atoms with E-state index in [0.29, 0.717) is 37.3 Å². The van der Waals surface area contributed by atoms with Crippen molar-refractivity contribution in [3.8, 4) is 0 Å². The van der Waals surface area contributed by atoms with Gasteiger partial charge in [0.1, 0.15) is 0 Å². The van der Waals surface area contributed by atoms with Gasteiger partial charge < -0.3 is 14.2 Å². The molecule has 1 amide bonds. The van der Waals surface area contributed by atoms with Crippen LogP contribution in [0.3, 0.4) is 0 Å². The van der Waals surface area contributed by atoms with E-state index in [4.69, 9.17) is 4.42 Å². The van der Waals surface area contributed by atoms with Gasteiger partial charge in [-0.3, -0.25) is 9.78 Å². The Morgan fingerprint density at radius 1 is 1.08 bits per heavy atom. The summed E-state index contributed by atoms with van der Waals surface area (Å²) in [5, 5.41) is 0. The number of carbonyl (C=O) groups is 1. The highest BCUT2D eigenvalue weighted by molar-refractivity contribution is 5.94. The fourth-order valence-electron chi connectivity index (χ4n) is 3.32. The number of para-hydroxylation sites is 1. The van der Waals surface area contributed by atoms with Gasteiger partial charge >= 0.3 is 5.76 Å². The van der Waals surface area contributed by atoms with Gasteiger partial charge in [-0.05, 0) is 31.2 Å². The number of aromatic nitrogens is 1. The summed E-state index contributed by atoms with van der Waals surface area (Å²) in [6, 6.07) is 13.3. The van der Waals surface area contributed by atoms with E-state index in [0.717, 1.165) is 16.8 Å². The highest BCUT2D eigenvalue weighted by atomic mass is 16.4. The summed E-state index contributed by atoms with van der Waals surface area (Å²) in [7, 11) is 0. The summed E-state index contributed by atoms with van der Waals surface area (Å²) in [5.74, 6) is -0.384. The molecule has 2 aromatic carbocycles. The lowest BCUT2D eigenvalue weighted by atomic mass is 10.1. The van der Waals surface area contributed by atoms with Crippen LogP contribution in [0.25, 0.3) is 11.1 Å². The summed E-state index contributed by atoms with van der Waals surface area (Å²) in [6.07, 6.45) is 0. The molecule has 25 heavy (non-hydrogen) atoms. The number of nitrogens with zero attached hydrogens (tertiary/aromatic N) is 2. The lowest BCUT2D eigenvalue weighted by Crippen LogP contribution is -2.48. The predicted molar refractivity (Wildman–Crippen MR) is 96.1 cm³/mol. The number of rotatable bonds is 2. The number of H-pyrrole nitrogens is 1. The summed E-state index contributed by atoms with van der Waals surface area (Å²) in [5.41, 5.74) is 3.97. The fraction of sp³-hybridized carbons (Fsp3) is 0.263. The van der Waals surface area contributed by atoms with Crippen LogP contribution in [0.1, 0.15) is 15.9 Å². The summed E-state index contributed by atoms with van der Waals surface area (Å²) < 4.78 is 5.28. The molecule has 1 aliphatic heterocycles. The molecule has 0 bridgehead atoms. The smallest absolute Gasteiger partial charge is 0.406 e. The molecule has 4 rings (SSSR count). The minimum absolute atomic E-state index is 0.0646. The minimum atomic E-state index is -0.448. The Balaban J connectivity index is 1.51. The second kappa shape index (κ2) is 6.12. The van der Waals surface area contributed by atoms with Crippen molar-refractivity contribution in [2.24, 2.45) is 0 Å². The zero-order chi connectivity index (χ0) is 17.4. The second-order valence-corrected chi connectivity index (χ2v) is 6.32. The molecular formula is C19H19N3O3. The maximum atomic E-state index is 12.7. The Morgan fingerprint density at radius 2 is 1.84 bits per heavy atom. The van der Waals surface area contributed by atoms with E-state index in [9.17, 15) is 9.59 Å². The number of piperazine rings is 1. The number of aryl methyl sites for hydroxylation is 1. The van der Waals surface area contributed by atoms with Crippen LogP contribution >= 0.6 is 0 Å². The van der Waals surface area contributed by atoms with Crippen molar-refractivity contribution in [3.63, 3.8) is 0 Å². The molecule has 2 heterocycles. The SMILES string of the molecule is Cc1cccc(C(=O)N2CCN(c3cccc4[nH]c(=O)oc34)CC2)c1. The quantitative estimate of drug-likeness (QED) is 0.779. The third-order valence-corrected chi connectivity index (χ3v) is 4.60. The molecule has 128 valence electrons. The number of aromatic amines is 1. The minimum Gasteiger partial charge on any atom is -0.406 e. The number of hydrogen-bond donors (Lipinski definition) is 1. The molecule has 0 saturated carbocycles. The van der Waals surface area contributed by atoms with Gasteiger partial charge in [-0.15, -0.1) is 0 Å². The van der Waals surface area contributed by atoms with Crippen molar-refractivity contribution in [2.45, 2.75) is 6.92 Å². The van der Waals surface area contributed by atoms with Crippen LogP contribution in [0, 0.1) is 6.92 Å². The Bertz CT molecular complexity index is 981. The molecular weight excluding hydrogens is 318 g/mol. The van der Waals surface area contributed by atoms with Gasteiger partial charge in [-0.1, -0.05) is 23.8 Å². The lowest BCUT2D eigenvalue weighted by molar-refractivity contribution is 0.0747. The highest BCUT2D eigenvalue weighted by Gasteiger charge is 2.24. The van der Waals surface area contributed by atoms with Gasteiger partial charge in [0.2, 0.25) is 0 Å². The van der Waals surface area contributed by atoms with Crippen molar-refractivity contribution in [2.75, 3.05) is 31.1 Å². The van der Waals surface area contributed by atoms with E-state index in [-0.39, 0.29) is 5.91 Å². The van der Waals surface area contributed by atoms with Gasteiger partial charge in [-0.25, -0.2) is 4.79 Å². The van der Waals surface area contributed by atoms with Gasteiger partial charge in [-0.2, -0.15) is 0 Å². The molecule has 6 heteroatoms. The number of benzene rings is 2. The number of hydrogen-bond acceptors (Lipinski definition) is 4. The summed E-state index contributed by atoms with van der Waals surface area (Å²) in [6.45, 7) is 4.66. The Morgan fingerprint density at radius 3 is 2.60 bits per heavy atom. The summed E-state index contributed by atoms with van der Waals surface area (Å²) >= 11 is 0. The number of carbonyl (C=O) groups excluding carboxylic acids is 1. The molecule has 0 unspecified atom stereocenters. The van der Waals surface area contributed by atoms with Crippen LogP contribution in [-0.2, 0) is 0 Å². The average molecular weight is 337 g/mol. The topological polar surface area (TPSA) is 69.6 Å². The third kappa shape index (κ3) is 2.91. The molecule has 6 nitrogen and oxygen atoms in total. The van der Waals surface area contributed by atoms with E-state index < -0.39 is 5.76 Å². The van der Waals surface area contributed by atoms with E-state index >= 15 is 0 Å². The first-order valence-corrected chi connectivity index (χ1v) is 8.34. The zero-order valence-corrected chi connectivity index (χ0v) is 14.0. The summed E-state index contributed by atoms with van der Waals surface area (Å²) in [4.78, 5) is 30.8. The monoisotopic (exact) mass is 337 g/mol. The first-order valence-electron chi connectivity index (χ1n) is 8.34. The molecule has 1 aromatic heterocycles. The molecule has 1 aliphatic rings. The van der Waals surface area contributed by atoms with Gasteiger partial charge in [0.15, 0.2) is 5.58 Å². The van der Waals surface area contributed by atoms with Crippen molar-refractivity contribution in [3.05, 3.63) is 64.1 Å². The van der Waals surface area contributed by atoms with Crippen LogP contribution < -0.4 is 10.7 Å². The molecule has 0 radical (unpaired) electrons. The maximum absolute atomic E-state index is 12.7. The van der Waals surface area contributed by atoms with Crippen molar-refractivity contribution in [1.29, 1.82) is 0 Å². The molecule has 1 N–H and O–H groups in total. The molecule has 0 atom stereocenters. The Hall–Kier alpha value is -3.02. The van der Waals surface area contributed by atoms with E-state index in [2.05, 4.69) is 9.88 Å². The second-order valence-electron chi connectivity index (χ2n) is 6.32. The standard InChI is InChI=1S/C19H19N3O3/c1-13-4-2-5-14(12-13)18(23)22-10-8-21(9-11-22)16-7-3-6-15-17(16)25-19(24)20-15/h2-7,12H,8-11H2,1H3,(H,20,24). The zero-order valence-electron chi connectivity index (χ0n) is 14.0. The highest BCUT2D eigenvalue weighted by Crippen LogP contribution is 2.26. The largest absolute Gasteiger partial charge is 0.417 e. The van der Waals surface area contributed by atoms with E-state index in [1.54, 1.807) is 0 Å². The molecule has 3 aromatic rings. The third-order valence-electron chi connectivity index (χ3n) is 4.60. The van der Waals surface area contributed by atoms with Crippen LogP contribution in [0.4, 0.5) is 5.69 Å². The number of nitrogens with one attached hydrogen (secondary N) is 1. The Kier molecular flexibility index (Phi) is 3.80. The predicted octanol–water partition coefficient (Wildman–Crippen LogP) is 2.39. The van der Waals surface area contributed by atoms with Crippen LogP contribution in [-0.4, -0.2) is 42.0 Å². The van der Waals surface area contributed by atoms with Crippen LogP contribution in [0.2, 0.25) is 0 Å². The van der Waals surface area contributed by atoms with Crippen LogP contribution in [0.15, 0.2) is 51.7 Å². The number of amides is 1. The van der Waals surface area contributed by atoms with Crippen molar-refractivity contribution >= 4 is 22.7 Å². The van der Waals surface area contributed by atoms with Crippen molar-refractivity contribution < 1.29 is 9.21 Å².